The predicted octanol–water partition coefficient (Wildman–Crippen LogP) is 2.17. The number of halogens is 1. The van der Waals surface area contributed by atoms with Crippen LogP contribution in [0, 0.1) is 11.7 Å². The molecule has 1 aliphatic carbocycles. The molecular weight excluding hydrogens is 259 g/mol. The van der Waals surface area contributed by atoms with E-state index in [1.54, 1.807) is 12.1 Å². The molecule has 2 aliphatic rings. The second kappa shape index (κ2) is 5.23. The summed E-state index contributed by atoms with van der Waals surface area (Å²) in [5, 5.41) is 2.58. The Morgan fingerprint density at radius 2 is 2.05 bits per heavy atom. The Hall–Kier alpha value is -1.91. The first-order valence-electron chi connectivity index (χ1n) is 7.00. The standard InChI is InChI=1S/C15H17FN2O2/c16-12-6-1-2-7-13(12)17-15(20)10-8-14(19)18(9-10)11-4-3-5-11/h1-2,6-7,10-11H,3-5,8-9H2,(H,17,20). The molecule has 5 heteroatoms. The van der Waals surface area contributed by atoms with Gasteiger partial charge in [-0.05, 0) is 31.4 Å². The lowest BCUT2D eigenvalue weighted by atomic mass is 9.92. The number of amides is 2. The maximum Gasteiger partial charge on any atom is 0.229 e. The molecule has 1 aromatic carbocycles. The lowest BCUT2D eigenvalue weighted by Crippen LogP contribution is -2.41. The number of likely N-dealkylation sites (tertiary alicyclic amines) is 1. The fraction of sp³-hybridized carbons (Fsp3) is 0.467. The van der Waals surface area contributed by atoms with Crippen molar-refractivity contribution in [2.24, 2.45) is 5.92 Å². The molecule has 2 fully saturated rings. The van der Waals surface area contributed by atoms with Crippen LogP contribution in [-0.2, 0) is 9.59 Å². The highest BCUT2D eigenvalue weighted by Gasteiger charge is 2.39. The van der Waals surface area contributed by atoms with Crippen LogP contribution >= 0.6 is 0 Å². The maximum atomic E-state index is 13.5. The van der Waals surface area contributed by atoms with Gasteiger partial charge in [-0.3, -0.25) is 9.59 Å². The Bertz CT molecular complexity index is 542. The molecule has 1 atom stereocenters. The fourth-order valence-corrected chi connectivity index (χ4v) is 2.76. The largest absolute Gasteiger partial charge is 0.339 e. The van der Waals surface area contributed by atoms with Crippen molar-refractivity contribution in [1.82, 2.24) is 4.90 Å². The molecule has 1 N–H and O–H groups in total. The first-order chi connectivity index (χ1) is 9.65. The van der Waals surface area contributed by atoms with Gasteiger partial charge in [-0.25, -0.2) is 4.39 Å². The molecule has 1 unspecified atom stereocenters. The van der Waals surface area contributed by atoms with E-state index in [2.05, 4.69) is 5.32 Å². The zero-order valence-corrected chi connectivity index (χ0v) is 11.1. The first kappa shape index (κ1) is 13.1. The van der Waals surface area contributed by atoms with Gasteiger partial charge < -0.3 is 10.2 Å². The predicted molar refractivity (Wildman–Crippen MR) is 72.5 cm³/mol. The summed E-state index contributed by atoms with van der Waals surface area (Å²) in [4.78, 5) is 25.9. The molecule has 0 spiro atoms. The molecule has 3 rings (SSSR count). The summed E-state index contributed by atoms with van der Waals surface area (Å²) in [7, 11) is 0. The van der Waals surface area contributed by atoms with E-state index in [4.69, 9.17) is 0 Å². The molecule has 1 aromatic rings. The third-order valence-corrected chi connectivity index (χ3v) is 4.18. The minimum Gasteiger partial charge on any atom is -0.339 e. The van der Waals surface area contributed by atoms with Gasteiger partial charge in [0, 0.05) is 19.0 Å². The van der Waals surface area contributed by atoms with E-state index in [-0.39, 0.29) is 29.8 Å². The Balaban J connectivity index is 1.64. The molecule has 0 aromatic heterocycles. The second-order valence-electron chi connectivity index (χ2n) is 5.50. The van der Waals surface area contributed by atoms with Gasteiger partial charge in [-0.15, -0.1) is 0 Å². The van der Waals surface area contributed by atoms with E-state index >= 15 is 0 Å². The Morgan fingerprint density at radius 1 is 1.30 bits per heavy atom. The highest BCUT2D eigenvalue weighted by atomic mass is 19.1. The van der Waals surface area contributed by atoms with Crippen LogP contribution in [0.2, 0.25) is 0 Å². The second-order valence-corrected chi connectivity index (χ2v) is 5.50. The quantitative estimate of drug-likeness (QED) is 0.919. The molecule has 4 nitrogen and oxygen atoms in total. The highest BCUT2D eigenvalue weighted by Crippen LogP contribution is 2.31. The molecule has 1 saturated carbocycles. The van der Waals surface area contributed by atoms with Gasteiger partial charge in [-0.2, -0.15) is 0 Å². The van der Waals surface area contributed by atoms with Crippen LogP contribution < -0.4 is 5.32 Å². The lowest BCUT2D eigenvalue weighted by Gasteiger charge is -2.34. The maximum absolute atomic E-state index is 13.5. The van der Waals surface area contributed by atoms with Crippen LogP contribution in [0.1, 0.15) is 25.7 Å². The van der Waals surface area contributed by atoms with Crippen molar-refractivity contribution in [3.63, 3.8) is 0 Å². The van der Waals surface area contributed by atoms with Gasteiger partial charge in [0.05, 0.1) is 11.6 Å². The first-order valence-corrected chi connectivity index (χ1v) is 7.00. The molecule has 1 saturated heterocycles. The molecular formula is C15H17FN2O2. The summed E-state index contributed by atoms with van der Waals surface area (Å²) in [5.74, 6) is -1.06. The minimum atomic E-state index is -0.457. The van der Waals surface area contributed by atoms with E-state index in [0.717, 1.165) is 19.3 Å². The Labute approximate surface area is 117 Å². The molecule has 20 heavy (non-hydrogen) atoms. The zero-order valence-electron chi connectivity index (χ0n) is 11.1. The smallest absolute Gasteiger partial charge is 0.229 e. The number of carbonyl (C=O) groups excluding carboxylic acids is 2. The number of nitrogens with zero attached hydrogens (tertiary/aromatic N) is 1. The van der Waals surface area contributed by atoms with Crippen molar-refractivity contribution >= 4 is 17.5 Å². The van der Waals surface area contributed by atoms with E-state index in [1.165, 1.54) is 12.1 Å². The highest BCUT2D eigenvalue weighted by molar-refractivity contribution is 5.97. The molecule has 0 radical (unpaired) electrons. The molecule has 2 amide bonds. The summed E-state index contributed by atoms with van der Waals surface area (Å²) in [6.45, 7) is 0.462. The van der Waals surface area contributed by atoms with Crippen LogP contribution in [0.15, 0.2) is 24.3 Å². The van der Waals surface area contributed by atoms with Gasteiger partial charge in [-0.1, -0.05) is 12.1 Å². The average Bonchev–Trinajstić information content (AvgIpc) is 2.73. The van der Waals surface area contributed by atoms with Crippen molar-refractivity contribution in [2.45, 2.75) is 31.7 Å². The van der Waals surface area contributed by atoms with Crippen molar-refractivity contribution in [3.05, 3.63) is 30.1 Å². The van der Waals surface area contributed by atoms with Gasteiger partial charge in [0.25, 0.3) is 0 Å². The zero-order chi connectivity index (χ0) is 14.1. The van der Waals surface area contributed by atoms with Gasteiger partial charge in [0.2, 0.25) is 11.8 Å². The summed E-state index contributed by atoms with van der Waals surface area (Å²) in [6.07, 6.45) is 3.46. The molecule has 1 aliphatic heterocycles. The summed E-state index contributed by atoms with van der Waals surface area (Å²) in [6, 6.07) is 6.37. The number of hydrogen-bond acceptors (Lipinski definition) is 2. The van der Waals surface area contributed by atoms with Crippen LogP contribution in [0.4, 0.5) is 10.1 Å². The van der Waals surface area contributed by atoms with Crippen molar-refractivity contribution in [2.75, 3.05) is 11.9 Å². The Kier molecular flexibility index (Phi) is 3.42. The van der Waals surface area contributed by atoms with Crippen LogP contribution in [0.25, 0.3) is 0 Å². The third kappa shape index (κ3) is 2.40. The SMILES string of the molecule is O=C(Nc1ccccc1F)C1CC(=O)N(C2CCC2)C1. The van der Waals surface area contributed by atoms with Crippen LogP contribution in [0.5, 0.6) is 0 Å². The summed E-state index contributed by atoms with van der Waals surface area (Å²) in [5.41, 5.74) is 0.173. The van der Waals surface area contributed by atoms with Gasteiger partial charge in [0.15, 0.2) is 0 Å². The number of carbonyl (C=O) groups is 2. The van der Waals surface area contributed by atoms with Crippen LogP contribution in [0.3, 0.4) is 0 Å². The minimum absolute atomic E-state index is 0.0448. The van der Waals surface area contributed by atoms with Gasteiger partial charge >= 0.3 is 0 Å². The third-order valence-electron chi connectivity index (χ3n) is 4.18. The molecule has 0 bridgehead atoms. The number of para-hydroxylation sites is 1. The fourth-order valence-electron chi connectivity index (χ4n) is 2.76. The number of rotatable bonds is 3. The summed E-state index contributed by atoms with van der Waals surface area (Å²) < 4.78 is 13.5. The van der Waals surface area contributed by atoms with E-state index in [1.807, 2.05) is 4.90 Å². The van der Waals surface area contributed by atoms with Gasteiger partial charge in [0.1, 0.15) is 5.82 Å². The molecule has 106 valence electrons. The Morgan fingerprint density at radius 3 is 2.70 bits per heavy atom. The van der Waals surface area contributed by atoms with Crippen LogP contribution in [-0.4, -0.2) is 29.3 Å². The number of nitrogens with one attached hydrogen (secondary N) is 1. The van der Waals surface area contributed by atoms with Crippen molar-refractivity contribution in [1.29, 1.82) is 0 Å². The van der Waals surface area contributed by atoms with Crippen molar-refractivity contribution in [3.8, 4) is 0 Å². The number of hydrogen-bond donors (Lipinski definition) is 1. The van der Waals surface area contributed by atoms with E-state index in [0.29, 0.717) is 12.6 Å². The topological polar surface area (TPSA) is 49.4 Å². The number of benzene rings is 1. The summed E-state index contributed by atoms with van der Waals surface area (Å²) >= 11 is 0. The normalized spacial score (nSPS) is 22.8. The van der Waals surface area contributed by atoms with E-state index < -0.39 is 5.82 Å². The number of anilines is 1. The van der Waals surface area contributed by atoms with E-state index in [9.17, 15) is 14.0 Å². The average molecular weight is 276 g/mol. The molecule has 1 heterocycles. The van der Waals surface area contributed by atoms with Crippen molar-refractivity contribution < 1.29 is 14.0 Å². The lowest BCUT2D eigenvalue weighted by molar-refractivity contribution is -0.131. The monoisotopic (exact) mass is 276 g/mol.